The molecule has 2 rings (SSSR count). The molecule has 1 unspecified atom stereocenters. The first-order valence-electron chi connectivity index (χ1n) is 6.03. The van der Waals surface area contributed by atoms with Gasteiger partial charge in [-0.2, -0.15) is 16.8 Å². The normalized spacial score (nSPS) is 44.1. The number of rotatable bonds is 2. The molecule has 24 heavy (non-hydrogen) atoms. The molecule has 2 heterocycles. The highest BCUT2D eigenvalue weighted by Gasteiger charge is 2.69. The van der Waals surface area contributed by atoms with E-state index in [0.29, 0.717) is 0 Å². The summed E-state index contributed by atoms with van der Waals surface area (Å²) in [5.41, 5.74) is 0. The largest absolute Gasteiger partial charge is 0.419 e. The second-order valence-corrected chi connectivity index (χ2v) is 7.37. The second-order valence-electron chi connectivity index (χ2n) is 4.86. The monoisotopic (exact) mass is 395 g/mol. The molecule has 0 radical (unpaired) electrons. The lowest BCUT2D eigenvalue weighted by atomic mass is 9.90. The fourth-order valence-corrected chi connectivity index (χ4v) is 4.29. The molecule has 0 saturated carbocycles. The molecule has 2 fully saturated rings. The Kier molecular flexibility index (Phi) is 4.68. The van der Waals surface area contributed by atoms with Crippen molar-refractivity contribution in [2.24, 2.45) is 0 Å². The number of hydrogen-bond donors (Lipinski definition) is 5. The highest BCUT2D eigenvalue weighted by Crippen LogP contribution is 2.41. The van der Waals surface area contributed by atoms with Crippen molar-refractivity contribution in [3.05, 3.63) is 0 Å². The van der Waals surface area contributed by atoms with Gasteiger partial charge in [-0.3, -0.25) is 4.79 Å². The lowest BCUT2D eigenvalue weighted by molar-refractivity contribution is -0.416. The summed E-state index contributed by atoms with van der Waals surface area (Å²) >= 11 is 0. The summed E-state index contributed by atoms with van der Waals surface area (Å²) in [6.07, 6.45) is -5.10. The Balaban J connectivity index is 2.65. The maximum absolute atomic E-state index is 11.5. The summed E-state index contributed by atoms with van der Waals surface area (Å²) in [5, 5.41) is 41.5. The zero-order chi connectivity index (χ0) is 18.6. The van der Waals surface area contributed by atoms with Gasteiger partial charge >= 0.3 is 20.8 Å². The van der Waals surface area contributed by atoms with Gasteiger partial charge in [-0.25, -0.2) is 8.37 Å². The van der Waals surface area contributed by atoms with Crippen molar-refractivity contribution < 1.29 is 58.8 Å². The fourth-order valence-electron chi connectivity index (χ4n) is 2.20. The van der Waals surface area contributed by atoms with Gasteiger partial charge in [-0.1, -0.05) is 0 Å². The third-order valence-corrected chi connectivity index (χ3v) is 5.37. The van der Waals surface area contributed by atoms with E-state index in [1.54, 1.807) is 0 Å². The molecule has 0 aromatic carbocycles. The molecule has 14 nitrogen and oxygen atoms in total. The van der Waals surface area contributed by atoms with Gasteiger partial charge in [0.05, 0.1) is 0 Å². The minimum absolute atomic E-state index is 0.908. The van der Waals surface area contributed by atoms with Gasteiger partial charge in [0.25, 0.3) is 0 Å². The minimum Gasteiger partial charge on any atom is -0.391 e. The van der Waals surface area contributed by atoms with Crippen LogP contribution in [-0.2, 0) is 42.3 Å². The van der Waals surface area contributed by atoms with E-state index in [0.717, 1.165) is 6.92 Å². The van der Waals surface area contributed by atoms with E-state index < -0.39 is 63.3 Å². The Labute approximate surface area is 135 Å². The molecular formula is C8H13NO13S2. The third-order valence-electron chi connectivity index (χ3n) is 3.08. The van der Waals surface area contributed by atoms with Crippen molar-refractivity contribution in [1.82, 2.24) is 5.32 Å². The van der Waals surface area contributed by atoms with Crippen LogP contribution in [-0.4, -0.2) is 79.8 Å². The maximum atomic E-state index is 11.5. The summed E-state index contributed by atoms with van der Waals surface area (Å²) in [6, 6.07) is -2.13. The maximum Gasteiger partial charge on any atom is 0.419 e. The lowest BCUT2D eigenvalue weighted by Gasteiger charge is -2.51. The molecule has 0 aromatic rings. The van der Waals surface area contributed by atoms with Gasteiger partial charge in [-0.05, 0) is 0 Å². The van der Waals surface area contributed by atoms with Crippen LogP contribution in [0.1, 0.15) is 6.92 Å². The fraction of sp³-hybridized carbons (Fsp3) is 0.875. The number of carbonyl (C=O) groups is 1. The summed E-state index contributed by atoms with van der Waals surface area (Å²) in [4.78, 5) is 11.2. The highest BCUT2D eigenvalue weighted by atomic mass is 32.3. The van der Waals surface area contributed by atoms with Crippen LogP contribution in [0.25, 0.3) is 0 Å². The van der Waals surface area contributed by atoms with Crippen LogP contribution in [0.2, 0.25) is 0 Å². The molecule has 1 amide bonds. The van der Waals surface area contributed by atoms with Crippen molar-refractivity contribution in [2.75, 3.05) is 6.61 Å². The molecule has 2 bridgehead atoms. The van der Waals surface area contributed by atoms with Gasteiger partial charge in [0, 0.05) is 6.92 Å². The quantitative estimate of drug-likeness (QED) is 0.297. The van der Waals surface area contributed by atoms with E-state index in [9.17, 15) is 42.1 Å². The van der Waals surface area contributed by atoms with Gasteiger partial charge < -0.3 is 30.5 Å². The van der Waals surface area contributed by atoms with Gasteiger partial charge in [-0.15, -0.1) is 3.63 Å². The Hall–Kier alpha value is -0.950. The number of aliphatic hydroxyl groups is 4. The predicted octanol–water partition coefficient (Wildman–Crippen LogP) is -4.87. The van der Waals surface area contributed by atoms with Crippen LogP contribution < -0.4 is 5.32 Å². The SMILES string of the molecule is CC(=O)N[C@@H]1C(O)O[C@]2(CO)OS(=O)(=O)OS(=O)(=O)O[C@@]1(O)[C@H]2O. The Morgan fingerprint density at radius 2 is 1.71 bits per heavy atom. The summed E-state index contributed by atoms with van der Waals surface area (Å²) in [7, 11) is -11.0. The topological polar surface area (TPSA) is 215 Å². The molecule has 2 aliphatic heterocycles. The summed E-state index contributed by atoms with van der Waals surface area (Å²) in [5.74, 6) is -7.42. The van der Waals surface area contributed by atoms with Gasteiger partial charge in [0.2, 0.25) is 17.5 Å². The molecular weight excluding hydrogens is 382 g/mol. The molecule has 5 N–H and O–H groups in total. The minimum atomic E-state index is -5.54. The van der Waals surface area contributed by atoms with Crippen LogP contribution in [0, 0.1) is 0 Å². The standard InChI is InChI=1S/C8H13NO13S2/c1-3(11)9-4-5(12)19-7(2-10)6(13)8(4,14)21-24(17,18)22-23(15,16)20-7/h4-6,10,12-14H,2H2,1H3,(H,9,11)/t4-,5?,6+,7-,8-/m1/s1. The third kappa shape index (κ3) is 3.25. The van der Waals surface area contributed by atoms with Crippen molar-refractivity contribution in [3.63, 3.8) is 0 Å². The highest BCUT2D eigenvalue weighted by molar-refractivity contribution is 7.95. The number of carbonyl (C=O) groups excluding carboxylic acids is 1. The van der Waals surface area contributed by atoms with E-state index in [-0.39, 0.29) is 0 Å². The number of nitrogens with one attached hydrogen (secondary N) is 1. The van der Waals surface area contributed by atoms with Crippen LogP contribution >= 0.6 is 0 Å². The average molecular weight is 395 g/mol. The molecule has 140 valence electrons. The predicted molar refractivity (Wildman–Crippen MR) is 66.6 cm³/mol. The number of ether oxygens (including phenoxy) is 1. The molecule has 0 aromatic heterocycles. The number of aliphatic hydroxyl groups excluding tert-OH is 3. The molecule has 0 spiro atoms. The Morgan fingerprint density at radius 3 is 2.21 bits per heavy atom. The van der Waals surface area contributed by atoms with Crippen LogP contribution in [0.15, 0.2) is 0 Å². The van der Waals surface area contributed by atoms with Crippen molar-refractivity contribution in [3.8, 4) is 0 Å². The van der Waals surface area contributed by atoms with E-state index in [4.69, 9.17) is 0 Å². The first-order valence-corrected chi connectivity index (χ1v) is 8.70. The Bertz CT molecular complexity index is 733. The lowest BCUT2D eigenvalue weighted by Crippen LogP contribution is -2.78. The molecule has 5 atom stereocenters. The molecule has 2 saturated heterocycles. The van der Waals surface area contributed by atoms with Crippen molar-refractivity contribution in [2.45, 2.75) is 36.9 Å². The first kappa shape index (κ1) is 19.4. The molecule has 2 aliphatic rings. The first-order chi connectivity index (χ1) is 10.8. The van der Waals surface area contributed by atoms with Crippen LogP contribution in [0.3, 0.4) is 0 Å². The van der Waals surface area contributed by atoms with E-state index in [1.165, 1.54) is 0 Å². The average Bonchev–Trinajstić information content (AvgIpc) is 2.38. The van der Waals surface area contributed by atoms with Crippen LogP contribution in [0.4, 0.5) is 0 Å². The van der Waals surface area contributed by atoms with E-state index in [1.807, 2.05) is 5.32 Å². The zero-order valence-corrected chi connectivity index (χ0v) is 13.4. The van der Waals surface area contributed by atoms with Crippen molar-refractivity contribution in [1.29, 1.82) is 0 Å². The van der Waals surface area contributed by atoms with Crippen LogP contribution in [0.5, 0.6) is 0 Å². The molecule has 0 aliphatic carbocycles. The van der Waals surface area contributed by atoms with Crippen molar-refractivity contribution >= 4 is 26.7 Å². The Morgan fingerprint density at radius 1 is 1.17 bits per heavy atom. The second kappa shape index (κ2) is 5.80. The number of hydrogen-bond acceptors (Lipinski definition) is 13. The number of fused-ring (bicyclic) bond motifs is 2. The van der Waals surface area contributed by atoms with Gasteiger partial charge in [0.1, 0.15) is 12.6 Å². The number of amides is 1. The molecule has 16 heteroatoms. The summed E-state index contributed by atoms with van der Waals surface area (Å²) in [6.45, 7) is -0.586. The van der Waals surface area contributed by atoms with Gasteiger partial charge in [0.15, 0.2) is 12.4 Å². The van der Waals surface area contributed by atoms with E-state index in [2.05, 4.69) is 16.7 Å². The van der Waals surface area contributed by atoms with E-state index >= 15 is 0 Å². The zero-order valence-electron chi connectivity index (χ0n) is 11.7. The summed E-state index contributed by atoms with van der Waals surface area (Å²) < 4.78 is 62.6. The smallest absolute Gasteiger partial charge is 0.391 e.